The maximum Gasteiger partial charge on any atom is 0.280 e. The van der Waals surface area contributed by atoms with Crippen LogP contribution in [0.1, 0.15) is 25.0 Å². The van der Waals surface area contributed by atoms with Crippen molar-refractivity contribution in [2.45, 2.75) is 20.0 Å². The highest BCUT2D eigenvalue weighted by molar-refractivity contribution is 5.99. The third kappa shape index (κ3) is 5.08. The molecule has 2 aromatic rings. The summed E-state index contributed by atoms with van der Waals surface area (Å²) in [5, 5.41) is 12.9. The molecule has 0 aliphatic carbocycles. The second-order valence-corrected chi connectivity index (χ2v) is 5.30. The highest BCUT2D eigenvalue weighted by Gasteiger charge is 2.14. The van der Waals surface area contributed by atoms with Crippen molar-refractivity contribution in [1.29, 1.82) is 5.26 Å². The van der Waals surface area contributed by atoms with Gasteiger partial charge in [-0.25, -0.2) is 5.43 Å². The van der Waals surface area contributed by atoms with E-state index in [0.717, 1.165) is 11.3 Å². The zero-order chi connectivity index (χ0) is 18.2. The first-order chi connectivity index (χ1) is 12.0. The van der Waals surface area contributed by atoms with Gasteiger partial charge < -0.3 is 9.47 Å². The van der Waals surface area contributed by atoms with Crippen molar-refractivity contribution >= 4 is 11.6 Å². The highest BCUT2D eigenvalue weighted by atomic mass is 16.5. The van der Waals surface area contributed by atoms with Crippen LogP contribution in [0, 0.1) is 11.3 Å². The number of nitriles is 1. The fraction of sp³-hybridized carbons (Fsp3) is 0.211. The monoisotopic (exact) mass is 337 g/mol. The van der Waals surface area contributed by atoms with Crippen LogP contribution in [0.25, 0.3) is 0 Å². The van der Waals surface area contributed by atoms with Crippen molar-refractivity contribution in [3.63, 3.8) is 0 Å². The van der Waals surface area contributed by atoms with Crippen LogP contribution in [-0.4, -0.2) is 24.8 Å². The number of amides is 1. The molecule has 25 heavy (non-hydrogen) atoms. The molecule has 1 atom stereocenters. The molecule has 0 bridgehead atoms. The molecule has 1 amide bonds. The maximum atomic E-state index is 12.1. The van der Waals surface area contributed by atoms with Crippen molar-refractivity contribution in [2.75, 3.05) is 7.11 Å². The summed E-state index contributed by atoms with van der Waals surface area (Å²) in [5.41, 5.74) is 4.52. The number of ether oxygens (including phenoxy) is 2. The third-order valence-corrected chi connectivity index (χ3v) is 3.49. The number of benzene rings is 2. The lowest BCUT2D eigenvalue weighted by Gasteiger charge is -2.13. The van der Waals surface area contributed by atoms with Gasteiger partial charge in [0.2, 0.25) is 0 Å². The largest absolute Gasteiger partial charge is 0.497 e. The number of rotatable bonds is 6. The Balaban J connectivity index is 1.96. The van der Waals surface area contributed by atoms with Crippen LogP contribution < -0.4 is 14.9 Å². The number of hydrogen-bond acceptors (Lipinski definition) is 5. The quantitative estimate of drug-likeness (QED) is 0.649. The summed E-state index contributed by atoms with van der Waals surface area (Å²) in [5.74, 6) is 0.859. The Morgan fingerprint density at radius 2 is 1.92 bits per heavy atom. The third-order valence-electron chi connectivity index (χ3n) is 3.49. The van der Waals surface area contributed by atoms with Gasteiger partial charge in [0.15, 0.2) is 6.10 Å². The molecule has 128 valence electrons. The Kier molecular flexibility index (Phi) is 6.13. The van der Waals surface area contributed by atoms with Crippen LogP contribution in [0.4, 0.5) is 0 Å². The van der Waals surface area contributed by atoms with Gasteiger partial charge in [0.05, 0.1) is 24.5 Å². The predicted molar refractivity (Wildman–Crippen MR) is 94.6 cm³/mol. The summed E-state index contributed by atoms with van der Waals surface area (Å²) in [6.45, 7) is 3.42. The van der Waals surface area contributed by atoms with Crippen molar-refractivity contribution < 1.29 is 14.3 Å². The molecular formula is C19H19N3O3. The normalized spacial score (nSPS) is 12.0. The van der Waals surface area contributed by atoms with Gasteiger partial charge in [-0.05, 0) is 50.2 Å². The molecule has 0 heterocycles. The summed E-state index contributed by atoms with van der Waals surface area (Å²) < 4.78 is 10.7. The minimum Gasteiger partial charge on any atom is -0.497 e. The molecule has 1 N–H and O–H groups in total. The topological polar surface area (TPSA) is 83.7 Å². The zero-order valence-electron chi connectivity index (χ0n) is 14.3. The van der Waals surface area contributed by atoms with E-state index >= 15 is 0 Å². The molecule has 0 saturated carbocycles. The minimum absolute atomic E-state index is 0.369. The number of hydrogen-bond donors (Lipinski definition) is 1. The summed E-state index contributed by atoms with van der Waals surface area (Å²) in [7, 11) is 1.59. The number of carbonyl (C=O) groups excluding carboxylic acids is 1. The van der Waals surface area contributed by atoms with Gasteiger partial charge in [-0.2, -0.15) is 10.4 Å². The van der Waals surface area contributed by atoms with Crippen LogP contribution in [0.3, 0.4) is 0 Å². The average molecular weight is 337 g/mol. The molecule has 0 aliphatic rings. The lowest BCUT2D eigenvalue weighted by molar-refractivity contribution is -0.127. The molecule has 0 aromatic heterocycles. The van der Waals surface area contributed by atoms with Crippen LogP contribution in [0.15, 0.2) is 53.6 Å². The number of carbonyl (C=O) groups is 1. The molecule has 0 aliphatic heterocycles. The molecule has 0 fully saturated rings. The van der Waals surface area contributed by atoms with Crippen molar-refractivity contribution in [2.24, 2.45) is 5.10 Å². The Morgan fingerprint density at radius 1 is 1.20 bits per heavy atom. The highest BCUT2D eigenvalue weighted by Crippen LogP contribution is 2.14. The zero-order valence-corrected chi connectivity index (χ0v) is 14.3. The molecule has 2 rings (SSSR count). The summed E-state index contributed by atoms with van der Waals surface area (Å²) in [6, 6.07) is 16.0. The Labute approximate surface area is 146 Å². The Hall–Kier alpha value is -3.33. The van der Waals surface area contributed by atoms with E-state index in [1.54, 1.807) is 45.2 Å². The van der Waals surface area contributed by atoms with Crippen molar-refractivity contribution in [1.82, 2.24) is 5.43 Å². The van der Waals surface area contributed by atoms with Crippen LogP contribution in [0.2, 0.25) is 0 Å². The van der Waals surface area contributed by atoms with E-state index in [1.165, 1.54) is 0 Å². The van der Waals surface area contributed by atoms with E-state index < -0.39 is 6.10 Å². The molecule has 6 nitrogen and oxygen atoms in total. The first-order valence-electron chi connectivity index (χ1n) is 7.69. The van der Waals surface area contributed by atoms with Crippen molar-refractivity contribution in [3.05, 3.63) is 59.7 Å². The fourth-order valence-corrected chi connectivity index (χ4v) is 2.01. The Morgan fingerprint density at radius 3 is 2.56 bits per heavy atom. The molecule has 1 unspecified atom stereocenters. The SMILES string of the molecule is COc1cccc(/C(C)=N/NC(=O)C(C)Oc2ccc(C#N)cc2)c1. The summed E-state index contributed by atoms with van der Waals surface area (Å²) in [6.07, 6.45) is -0.727. The van der Waals surface area contributed by atoms with Gasteiger partial charge in [0, 0.05) is 5.56 Å². The van der Waals surface area contributed by atoms with Gasteiger partial charge in [0.25, 0.3) is 5.91 Å². The van der Waals surface area contributed by atoms with Crippen LogP contribution in [0.5, 0.6) is 11.5 Å². The molecule has 2 aromatic carbocycles. The predicted octanol–water partition coefficient (Wildman–Crippen LogP) is 2.87. The molecule has 0 spiro atoms. The Bertz CT molecular complexity index is 807. The summed E-state index contributed by atoms with van der Waals surface area (Å²) in [4.78, 5) is 12.1. The standard InChI is InChI=1S/C19H19N3O3/c1-13(16-5-4-6-18(11-16)24-3)21-22-19(23)14(2)25-17-9-7-15(12-20)8-10-17/h4-11,14H,1-3H3,(H,22,23)/b21-13+. The van der Waals surface area contributed by atoms with Crippen LogP contribution in [-0.2, 0) is 4.79 Å². The first kappa shape index (κ1) is 18.0. The van der Waals surface area contributed by atoms with E-state index in [2.05, 4.69) is 10.5 Å². The number of hydrazone groups is 1. The van der Waals surface area contributed by atoms with E-state index in [-0.39, 0.29) is 5.91 Å². The summed E-state index contributed by atoms with van der Waals surface area (Å²) >= 11 is 0. The second kappa shape index (κ2) is 8.50. The van der Waals surface area contributed by atoms with Crippen LogP contribution >= 0.6 is 0 Å². The molecular weight excluding hydrogens is 318 g/mol. The van der Waals surface area contributed by atoms with Gasteiger partial charge in [-0.1, -0.05) is 12.1 Å². The average Bonchev–Trinajstić information content (AvgIpc) is 2.66. The van der Waals surface area contributed by atoms with Crippen molar-refractivity contribution in [3.8, 4) is 17.6 Å². The maximum absolute atomic E-state index is 12.1. The number of methoxy groups -OCH3 is 1. The van der Waals surface area contributed by atoms with E-state index in [9.17, 15) is 4.79 Å². The van der Waals surface area contributed by atoms with E-state index in [1.807, 2.05) is 30.3 Å². The number of nitrogens with one attached hydrogen (secondary N) is 1. The number of nitrogens with zero attached hydrogens (tertiary/aromatic N) is 2. The lowest BCUT2D eigenvalue weighted by Crippen LogP contribution is -2.33. The first-order valence-corrected chi connectivity index (χ1v) is 7.69. The fourth-order valence-electron chi connectivity index (χ4n) is 2.01. The molecule has 0 saturated heterocycles. The second-order valence-electron chi connectivity index (χ2n) is 5.30. The minimum atomic E-state index is -0.727. The molecule has 0 radical (unpaired) electrons. The van der Waals surface area contributed by atoms with E-state index in [0.29, 0.717) is 17.0 Å². The van der Waals surface area contributed by atoms with E-state index in [4.69, 9.17) is 14.7 Å². The van der Waals surface area contributed by atoms with Gasteiger partial charge >= 0.3 is 0 Å². The van der Waals surface area contributed by atoms with Gasteiger partial charge in [-0.3, -0.25) is 4.79 Å². The van der Waals surface area contributed by atoms with Gasteiger partial charge in [0.1, 0.15) is 11.5 Å². The lowest BCUT2D eigenvalue weighted by atomic mass is 10.1. The van der Waals surface area contributed by atoms with Gasteiger partial charge in [-0.15, -0.1) is 0 Å². The smallest absolute Gasteiger partial charge is 0.280 e. The molecule has 6 heteroatoms.